The summed E-state index contributed by atoms with van der Waals surface area (Å²) in [6, 6.07) is 12.0. The Hall–Kier alpha value is -2.82. The van der Waals surface area contributed by atoms with Crippen molar-refractivity contribution in [3.8, 4) is 5.75 Å². The van der Waals surface area contributed by atoms with E-state index >= 15 is 0 Å². The zero-order chi connectivity index (χ0) is 20.5. The molecule has 1 fully saturated rings. The van der Waals surface area contributed by atoms with E-state index in [0.717, 1.165) is 47.3 Å². The minimum atomic E-state index is 0.0444. The molecular formula is C24H28N2O3. The number of aromatic nitrogens is 1. The topological polar surface area (TPSA) is 55.6 Å². The van der Waals surface area contributed by atoms with E-state index in [1.54, 1.807) is 0 Å². The first-order valence-corrected chi connectivity index (χ1v) is 10.3. The third kappa shape index (κ3) is 4.00. The molecule has 1 aliphatic rings. The summed E-state index contributed by atoms with van der Waals surface area (Å²) in [6.45, 7) is 10.1. The van der Waals surface area contributed by atoms with Crippen molar-refractivity contribution in [3.63, 3.8) is 0 Å². The van der Waals surface area contributed by atoms with Crippen molar-refractivity contribution in [3.05, 3.63) is 59.0 Å². The lowest BCUT2D eigenvalue weighted by Crippen LogP contribution is -2.42. The van der Waals surface area contributed by atoms with Crippen LogP contribution in [-0.2, 0) is 6.61 Å². The second kappa shape index (κ2) is 7.90. The smallest absolute Gasteiger partial charge is 0.257 e. The number of piperidine rings is 1. The number of fused-ring (bicyclic) bond motifs is 1. The van der Waals surface area contributed by atoms with E-state index in [-0.39, 0.29) is 5.91 Å². The van der Waals surface area contributed by atoms with E-state index in [0.29, 0.717) is 29.8 Å². The molecule has 2 atom stereocenters. The van der Waals surface area contributed by atoms with Crippen LogP contribution in [-0.4, -0.2) is 29.1 Å². The van der Waals surface area contributed by atoms with E-state index in [1.165, 1.54) is 0 Å². The maximum Gasteiger partial charge on any atom is 0.257 e. The van der Waals surface area contributed by atoms with Crippen LogP contribution in [0.15, 0.2) is 40.9 Å². The van der Waals surface area contributed by atoms with E-state index in [9.17, 15) is 4.79 Å². The number of nitrogens with zero attached hydrogens (tertiary/aromatic N) is 2. The Balaban J connectivity index is 1.69. The van der Waals surface area contributed by atoms with Crippen LogP contribution in [0.25, 0.3) is 10.8 Å². The van der Waals surface area contributed by atoms with Gasteiger partial charge in [0.1, 0.15) is 18.1 Å². The monoisotopic (exact) mass is 392 g/mol. The Kier molecular flexibility index (Phi) is 5.31. The number of benzene rings is 2. The van der Waals surface area contributed by atoms with Crippen LogP contribution in [0.2, 0.25) is 0 Å². The zero-order valence-electron chi connectivity index (χ0n) is 17.6. The molecule has 152 valence electrons. The summed E-state index contributed by atoms with van der Waals surface area (Å²) >= 11 is 0. The van der Waals surface area contributed by atoms with Gasteiger partial charge in [0.05, 0.1) is 16.8 Å². The maximum atomic E-state index is 13.5. The SMILES string of the molecule is Cc1noc(C)c1COc1cc2ccccc2cc1C(=O)N1CC(C)CC(C)C1. The van der Waals surface area contributed by atoms with Gasteiger partial charge in [-0.3, -0.25) is 4.79 Å². The van der Waals surface area contributed by atoms with Crippen molar-refractivity contribution in [1.82, 2.24) is 10.1 Å². The molecule has 2 heterocycles. The van der Waals surface area contributed by atoms with Crippen LogP contribution in [0.4, 0.5) is 0 Å². The number of carbonyl (C=O) groups excluding carboxylic acids is 1. The number of hydrogen-bond donors (Lipinski definition) is 0. The molecule has 2 aromatic carbocycles. The molecule has 3 aromatic rings. The van der Waals surface area contributed by atoms with Crippen molar-refractivity contribution in [1.29, 1.82) is 0 Å². The fourth-order valence-corrected chi connectivity index (χ4v) is 4.36. The lowest BCUT2D eigenvalue weighted by molar-refractivity contribution is 0.0618. The first-order chi connectivity index (χ1) is 13.9. The fraction of sp³-hybridized carbons (Fsp3) is 0.417. The number of carbonyl (C=O) groups is 1. The van der Waals surface area contributed by atoms with E-state index in [2.05, 4.69) is 19.0 Å². The maximum absolute atomic E-state index is 13.5. The molecule has 5 heteroatoms. The molecule has 0 N–H and O–H groups in total. The van der Waals surface area contributed by atoms with Gasteiger partial charge in [-0.25, -0.2) is 0 Å². The quantitative estimate of drug-likeness (QED) is 0.617. The summed E-state index contributed by atoms with van der Waals surface area (Å²) in [6.07, 6.45) is 1.16. The number of rotatable bonds is 4. The first-order valence-electron chi connectivity index (χ1n) is 10.3. The molecule has 0 radical (unpaired) electrons. The molecule has 1 aliphatic heterocycles. The van der Waals surface area contributed by atoms with Gasteiger partial charge in [0.2, 0.25) is 0 Å². The molecule has 1 amide bonds. The Morgan fingerprint density at radius 1 is 1.14 bits per heavy atom. The van der Waals surface area contributed by atoms with Crippen LogP contribution < -0.4 is 4.74 Å². The van der Waals surface area contributed by atoms with Gasteiger partial charge >= 0.3 is 0 Å². The third-order valence-electron chi connectivity index (χ3n) is 5.79. The predicted molar refractivity (Wildman–Crippen MR) is 113 cm³/mol. The van der Waals surface area contributed by atoms with E-state index < -0.39 is 0 Å². The standard InChI is InChI=1S/C24H28N2O3/c1-15-9-16(2)13-26(12-15)24(27)21-10-19-7-5-6-8-20(19)11-23(21)28-14-22-17(3)25-29-18(22)4/h5-8,10-11,15-16H,9,12-14H2,1-4H3. The highest BCUT2D eigenvalue weighted by Crippen LogP contribution is 2.31. The van der Waals surface area contributed by atoms with Crippen LogP contribution >= 0.6 is 0 Å². The Morgan fingerprint density at radius 3 is 2.41 bits per heavy atom. The van der Waals surface area contributed by atoms with Crippen LogP contribution in [0.3, 0.4) is 0 Å². The number of likely N-dealkylation sites (tertiary alicyclic amines) is 1. The molecule has 5 nitrogen and oxygen atoms in total. The van der Waals surface area contributed by atoms with Crippen LogP contribution in [0, 0.1) is 25.7 Å². The minimum Gasteiger partial charge on any atom is -0.488 e. The van der Waals surface area contributed by atoms with Crippen molar-refractivity contribution >= 4 is 16.7 Å². The van der Waals surface area contributed by atoms with Gasteiger partial charge in [0, 0.05) is 13.1 Å². The lowest BCUT2D eigenvalue weighted by atomic mass is 9.91. The molecule has 0 bridgehead atoms. The second-order valence-electron chi connectivity index (χ2n) is 8.44. The highest BCUT2D eigenvalue weighted by atomic mass is 16.5. The van der Waals surface area contributed by atoms with Gasteiger partial charge in [-0.15, -0.1) is 0 Å². The summed E-state index contributed by atoms with van der Waals surface area (Å²) in [7, 11) is 0. The van der Waals surface area contributed by atoms with Gasteiger partial charge in [-0.05, 0) is 55.0 Å². The second-order valence-corrected chi connectivity index (χ2v) is 8.44. The van der Waals surface area contributed by atoms with E-state index in [1.807, 2.05) is 55.1 Å². The highest BCUT2D eigenvalue weighted by molar-refractivity contribution is 6.01. The zero-order valence-corrected chi connectivity index (χ0v) is 17.6. The summed E-state index contributed by atoms with van der Waals surface area (Å²) in [5, 5.41) is 6.09. The normalized spacial score (nSPS) is 19.5. The number of amides is 1. The molecule has 0 saturated carbocycles. The average Bonchev–Trinajstić information content (AvgIpc) is 3.02. The molecule has 1 aromatic heterocycles. The molecule has 0 spiro atoms. The molecule has 29 heavy (non-hydrogen) atoms. The molecular weight excluding hydrogens is 364 g/mol. The largest absolute Gasteiger partial charge is 0.488 e. The van der Waals surface area contributed by atoms with Crippen LogP contribution in [0.5, 0.6) is 5.75 Å². The van der Waals surface area contributed by atoms with Gasteiger partial charge < -0.3 is 14.2 Å². The van der Waals surface area contributed by atoms with Crippen molar-refractivity contribution in [2.45, 2.75) is 40.7 Å². The molecule has 4 rings (SSSR count). The summed E-state index contributed by atoms with van der Waals surface area (Å²) in [5.41, 5.74) is 2.36. The highest BCUT2D eigenvalue weighted by Gasteiger charge is 2.28. The lowest BCUT2D eigenvalue weighted by Gasteiger charge is -2.35. The number of aryl methyl sites for hydroxylation is 2. The predicted octanol–water partition coefficient (Wildman–Crippen LogP) is 5.14. The minimum absolute atomic E-state index is 0.0444. The molecule has 1 saturated heterocycles. The fourth-order valence-electron chi connectivity index (χ4n) is 4.36. The van der Waals surface area contributed by atoms with Crippen molar-refractivity contribution in [2.24, 2.45) is 11.8 Å². The van der Waals surface area contributed by atoms with E-state index in [4.69, 9.17) is 9.26 Å². The third-order valence-corrected chi connectivity index (χ3v) is 5.79. The van der Waals surface area contributed by atoms with Gasteiger partial charge in [0.15, 0.2) is 0 Å². The van der Waals surface area contributed by atoms with Gasteiger partial charge in [-0.2, -0.15) is 0 Å². The van der Waals surface area contributed by atoms with Gasteiger partial charge in [0.25, 0.3) is 5.91 Å². The summed E-state index contributed by atoms with van der Waals surface area (Å²) in [5.74, 6) is 2.42. The summed E-state index contributed by atoms with van der Waals surface area (Å²) in [4.78, 5) is 15.4. The number of ether oxygens (including phenoxy) is 1. The Labute approximate surface area is 171 Å². The molecule has 0 aliphatic carbocycles. The van der Waals surface area contributed by atoms with Gasteiger partial charge in [-0.1, -0.05) is 43.3 Å². The average molecular weight is 392 g/mol. The molecule has 2 unspecified atom stereocenters. The Bertz CT molecular complexity index is 1010. The first kappa shape index (κ1) is 19.5. The number of hydrogen-bond acceptors (Lipinski definition) is 4. The van der Waals surface area contributed by atoms with Crippen molar-refractivity contribution < 1.29 is 14.1 Å². The van der Waals surface area contributed by atoms with Crippen molar-refractivity contribution in [2.75, 3.05) is 13.1 Å². The Morgan fingerprint density at radius 2 is 1.79 bits per heavy atom. The summed E-state index contributed by atoms with van der Waals surface area (Å²) < 4.78 is 11.4. The van der Waals surface area contributed by atoms with Crippen LogP contribution in [0.1, 0.15) is 47.6 Å².